The third-order valence-corrected chi connectivity index (χ3v) is 4.43. The molecule has 1 atom stereocenters. The normalized spacial score (nSPS) is 12.0. The van der Waals surface area contributed by atoms with Gasteiger partial charge in [-0.3, -0.25) is 9.59 Å². The number of hydrogen-bond acceptors (Lipinski definition) is 5. The van der Waals surface area contributed by atoms with E-state index in [9.17, 15) is 9.59 Å². The van der Waals surface area contributed by atoms with Crippen LogP contribution in [0.25, 0.3) is 0 Å². The number of rotatable bonds is 7. The zero-order valence-corrected chi connectivity index (χ0v) is 14.8. The molecular formula is C15H17ClN4O3S. The molecule has 0 saturated carbocycles. The van der Waals surface area contributed by atoms with Gasteiger partial charge in [0.2, 0.25) is 0 Å². The minimum Gasteiger partial charge on any atom is -0.481 e. The lowest BCUT2D eigenvalue weighted by molar-refractivity contribution is -0.133. The number of halogens is 1. The van der Waals surface area contributed by atoms with E-state index in [1.54, 1.807) is 35.8 Å². The van der Waals surface area contributed by atoms with Gasteiger partial charge in [0.15, 0.2) is 11.0 Å². The van der Waals surface area contributed by atoms with E-state index in [4.69, 9.17) is 16.7 Å². The first-order valence-electron chi connectivity index (χ1n) is 7.26. The second-order valence-electron chi connectivity index (χ2n) is 4.97. The van der Waals surface area contributed by atoms with Gasteiger partial charge in [0.1, 0.15) is 0 Å². The molecule has 0 fully saturated rings. The highest BCUT2D eigenvalue weighted by atomic mass is 35.5. The summed E-state index contributed by atoms with van der Waals surface area (Å²) in [6, 6.07) is 6.21. The molecule has 1 aromatic carbocycles. The van der Waals surface area contributed by atoms with Crippen LogP contribution in [0.1, 0.15) is 36.1 Å². The van der Waals surface area contributed by atoms with E-state index in [2.05, 4.69) is 15.5 Å². The number of benzene rings is 1. The Balaban J connectivity index is 2.11. The average molecular weight is 369 g/mol. The highest BCUT2D eigenvalue weighted by molar-refractivity contribution is 7.99. The van der Waals surface area contributed by atoms with Gasteiger partial charge in [0, 0.05) is 17.1 Å². The summed E-state index contributed by atoms with van der Waals surface area (Å²) in [4.78, 5) is 23.0. The number of hydrogen-bond donors (Lipinski definition) is 2. The Morgan fingerprint density at radius 3 is 2.58 bits per heavy atom. The van der Waals surface area contributed by atoms with Gasteiger partial charge in [-0.25, -0.2) is 0 Å². The lowest BCUT2D eigenvalue weighted by Crippen LogP contribution is -2.28. The van der Waals surface area contributed by atoms with Crippen molar-refractivity contribution < 1.29 is 14.7 Å². The summed E-state index contributed by atoms with van der Waals surface area (Å²) in [5.74, 6) is -0.683. The Bertz CT molecular complexity index is 733. The standard InChI is InChI=1S/C15H17ClN4O3S/c1-3-20-13(18-19-15(20)24-8-12(21)22)9(2)17-14(23)10-4-6-11(16)7-5-10/h4-7,9H,3,8H2,1-2H3,(H,17,23)(H,21,22)/t9-/m0/s1. The summed E-state index contributed by atoms with van der Waals surface area (Å²) < 4.78 is 1.79. The van der Waals surface area contributed by atoms with Gasteiger partial charge in [-0.15, -0.1) is 10.2 Å². The molecule has 0 aliphatic carbocycles. The first-order chi connectivity index (χ1) is 11.4. The lowest BCUT2D eigenvalue weighted by atomic mass is 10.2. The third kappa shape index (κ3) is 4.48. The molecule has 2 rings (SSSR count). The van der Waals surface area contributed by atoms with Crippen molar-refractivity contribution >= 4 is 35.2 Å². The quantitative estimate of drug-likeness (QED) is 0.729. The highest BCUT2D eigenvalue weighted by Gasteiger charge is 2.20. The molecule has 24 heavy (non-hydrogen) atoms. The fourth-order valence-electron chi connectivity index (χ4n) is 2.10. The molecule has 0 bridgehead atoms. The van der Waals surface area contributed by atoms with Crippen molar-refractivity contribution in [2.45, 2.75) is 31.6 Å². The van der Waals surface area contributed by atoms with Crippen LogP contribution in [-0.2, 0) is 11.3 Å². The number of aromatic nitrogens is 3. The molecule has 1 aromatic heterocycles. The predicted molar refractivity (Wildman–Crippen MR) is 91.4 cm³/mol. The molecule has 1 amide bonds. The Kier molecular flexibility index (Phi) is 6.22. The van der Waals surface area contributed by atoms with Crippen molar-refractivity contribution in [2.75, 3.05) is 5.75 Å². The van der Waals surface area contributed by atoms with Crippen LogP contribution in [0.5, 0.6) is 0 Å². The molecule has 0 saturated heterocycles. The van der Waals surface area contributed by atoms with Crippen LogP contribution in [0.4, 0.5) is 0 Å². The van der Waals surface area contributed by atoms with Gasteiger partial charge in [0.25, 0.3) is 5.91 Å². The molecule has 0 aliphatic heterocycles. The molecule has 7 nitrogen and oxygen atoms in total. The van der Waals surface area contributed by atoms with E-state index >= 15 is 0 Å². The van der Waals surface area contributed by atoms with E-state index in [1.165, 1.54) is 0 Å². The largest absolute Gasteiger partial charge is 0.481 e. The molecule has 2 N–H and O–H groups in total. The molecular weight excluding hydrogens is 352 g/mol. The Hall–Kier alpha value is -2.06. The fourth-order valence-corrected chi connectivity index (χ4v) is 2.95. The second kappa shape index (κ2) is 8.16. The topological polar surface area (TPSA) is 97.1 Å². The first-order valence-corrected chi connectivity index (χ1v) is 8.62. The van der Waals surface area contributed by atoms with E-state index in [0.29, 0.717) is 28.1 Å². The van der Waals surface area contributed by atoms with E-state index in [1.807, 2.05) is 6.92 Å². The van der Waals surface area contributed by atoms with E-state index in [0.717, 1.165) is 11.8 Å². The van der Waals surface area contributed by atoms with Crippen molar-refractivity contribution in [3.63, 3.8) is 0 Å². The van der Waals surface area contributed by atoms with Gasteiger partial charge in [0.05, 0.1) is 11.8 Å². The molecule has 0 unspecified atom stereocenters. The van der Waals surface area contributed by atoms with Crippen LogP contribution in [0.3, 0.4) is 0 Å². The van der Waals surface area contributed by atoms with E-state index in [-0.39, 0.29) is 17.7 Å². The number of aliphatic carboxylic acids is 1. The van der Waals surface area contributed by atoms with Crippen LogP contribution >= 0.6 is 23.4 Å². The van der Waals surface area contributed by atoms with Gasteiger partial charge in [-0.2, -0.15) is 0 Å². The molecule has 128 valence electrons. The van der Waals surface area contributed by atoms with Crippen LogP contribution in [-0.4, -0.2) is 37.5 Å². The maximum atomic E-state index is 12.3. The summed E-state index contributed by atoms with van der Waals surface area (Å²) in [6.45, 7) is 4.28. The van der Waals surface area contributed by atoms with Gasteiger partial charge < -0.3 is 15.0 Å². The average Bonchev–Trinajstić information content (AvgIpc) is 2.96. The van der Waals surface area contributed by atoms with Gasteiger partial charge in [-0.1, -0.05) is 23.4 Å². The first kappa shape index (κ1) is 18.3. The molecule has 9 heteroatoms. The summed E-state index contributed by atoms with van der Waals surface area (Å²) in [6.07, 6.45) is 0. The molecule has 2 aromatic rings. The number of amides is 1. The highest BCUT2D eigenvalue weighted by Crippen LogP contribution is 2.20. The van der Waals surface area contributed by atoms with Crippen LogP contribution < -0.4 is 5.32 Å². The summed E-state index contributed by atoms with van der Waals surface area (Å²) in [5.41, 5.74) is 0.495. The van der Waals surface area contributed by atoms with Crippen molar-refractivity contribution in [3.8, 4) is 0 Å². The van der Waals surface area contributed by atoms with Gasteiger partial charge >= 0.3 is 5.97 Å². The van der Waals surface area contributed by atoms with Crippen molar-refractivity contribution in [3.05, 3.63) is 40.7 Å². The number of nitrogens with zero attached hydrogens (tertiary/aromatic N) is 3. The van der Waals surface area contributed by atoms with Crippen molar-refractivity contribution in [1.29, 1.82) is 0 Å². The minimum atomic E-state index is -0.920. The Labute approximate surface area is 148 Å². The SMILES string of the molecule is CCn1c(SCC(=O)O)nnc1[C@H](C)NC(=O)c1ccc(Cl)cc1. The zero-order chi connectivity index (χ0) is 17.7. The third-order valence-electron chi connectivity index (χ3n) is 3.23. The van der Waals surface area contributed by atoms with Crippen molar-refractivity contribution in [2.24, 2.45) is 0 Å². The number of carbonyl (C=O) groups excluding carboxylic acids is 1. The maximum Gasteiger partial charge on any atom is 0.313 e. The fraction of sp³-hybridized carbons (Fsp3) is 0.333. The minimum absolute atomic E-state index is 0.0936. The Morgan fingerprint density at radius 2 is 2.00 bits per heavy atom. The monoisotopic (exact) mass is 368 g/mol. The molecule has 0 spiro atoms. The second-order valence-corrected chi connectivity index (χ2v) is 6.35. The van der Waals surface area contributed by atoms with Crippen LogP contribution in [0, 0.1) is 0 Å². The summed E-state index contributed by atoms with van der Waals surface area (Å²) >= 11 is 6.91. The van der Waals surface area contributed by atoms with E-state index < -0.39 is 5.97 Å². The Morgan fingerprint density at radius 1 is 1.33 bits per heavy atom. The number of carboxylic acids is 1. The summed E-state index contributed by atoms with van der Waals surface area (Å²) in [7, 11) is 0. The van der Waals surface area contributed by atoms with Crippen LogP contribution in [0.2, 0.25) is 5.02 Å². The predicted octanol–water partition coefficient (Wildman–Crippen LogP) is 2.62. The van der Waals surface area contributed by atoms with Crippen LogP contribution in [0.15, 0.2) is 29.4 Å². The van der Waals surface area contributed by atoms with Crippen molar-refractivity contribution in [1.82, 2.24) is 20.1 Å². The summed E-state index contributed by atoms with van der Waals surface area (Å²) in [5, 5.41) is 20.8. The molecule has 0 aliphatic rings. The van der Waals surface area contributed by atoms with Gasteiger partial charge in [-0.05, 0) is 38.1 Å². The number of carboxylic acid groups (broad SMARTS) is 1. The smallest absolute Gasteiger partial charge is 0.313 e. The molecule has 0 radical (unpaired) electrons. The lowest BCUT2D eigenvalue weighted by Gasteiger charge is -2.15. The zero-order valence-electron chi connectivity index (χ0n) is 13.2. The number of thioether (sulfide) groups is 1. The number of carbonyl (C=O) groups is 2. The molecule has 1 heterocycles. The maximum absolute atomic E-state index is 12.3. The number of nitrogens with one attached hydrogen (secondary N) is 1.